The lowest BCUT2D eigenvalue weighted by molar-refractivity contribution is 0.0792. The normalized spacial score (nSPS) is 16.8. The van der Waals surface area contributed by atoms with Crippen LogP contribution >= 0.6 is 0 Å². The van der Waals surface area contributed by atoms with E-state index in [0.29, 0.717) is 12.2 Å². The lowest BCUT2D eigenvalue weighted by Crippen LogP contribution is -2.35. The second kappa shape index (κ2) is 9.27. The van der Waals surface area contributed by atoms with E-state index in [-0.39, 0.29) is 12.0 Å². The minimum Gasteiger partial charge on any atom is -0.393 e. The molecule has 1 saturated heterocycles. The first-order valence-electron chi connectivity index (χ1n) is 11.6. The van der Waals surface area contributed by atoms with E-state index in [1.807, 2.05) is 35.0 Å². The summed E-state index contributed by atoms with van der Waals surface area (Å²) in [4.78, 5) is 15.3. The van der Waals surface area contributed by atoms with Gasteiger partial charge in [0.05, 0.1) is 11.8 Å². The van der Waals surface area contributed by atoms with Gasteiger partial charge in [0.25, 0.3) is 5.91 Å². The van der Waals surface area contributed by atoms with E-state index in [4.69, 9.17) is 0 Å². The number of amides is 1. The summed E-state index contributed by atoms with van der Waals surface area (Å²) in [5.41, 5.74) is 6.16. The van der Waals surface area contributed by atoms with Crippen molar-refractivity contribution >= 4 is 5.91 Å². The molecule has 0 radical (unpaired) electrons. The number of rotatable bonds is 6. The predicted molar refractivity (Wildman–Crippen MR) is 124 cm³/mol. The van der Waals surface area contributed by atoms with Crippen LogP contribution in [0.2, 0.25) is 0 Å². The number of para-hydroxylation sites is 1. The molecule has 0 spiro atoms. The zero-order valence-electron chi connectivity index (χ0n) is 18.3. The van der Waals surface area contributed by atoms with Crippen LogP contribution in [-0.4, -0.2) is 44.9 Å². The van der Waals surface area contributed by atoms with Crippen LogP contribution in [-0.2, 0) is 25.9 Å². The molecular formula is C26H30N4O2. The Kier molecular flexibility index (Phi) is 6.06. The van der Waals surface area contributed by atoms with Crippen molar-refractivity contribution in [1.29, 1.82) is 0 Å². The fraction of sp³-hybridized carbons (Fsp3) is 0.385. The number of carbonyl (C=O) groups is 1. The molecule has 0 saturated carbocycles. The molecule has 0 bridgehead atoms. The molecule has 2 heterocycles. The third-order valence-corrected chi connectivity index (χ3v) is 6.59. The molecule has 1 aliphatic heterocycles. The maximum atomic E-state index is 13.0. The Morgan fingerprint density at radius 2 is 1.72 bits per heavy atom. The van der Waals surface area contributed by atoms with Crippen LogP contribution < -0.4 is 5.32 Å². The molecule has 6 nitrogen and oxygen atoms in total. The van der Waals surface area contributed by atoms with E-state index in [9.17, 15) is 9.90 Å². The summed E-state index contributed by atoms with van der Waals surface area (Å²) in [6.07, 6.45) is 4.51. The van der Waals surface area contributed by atoms with Crippen LogP contribution in [0.4, 0.5) is 0 Å². The molecule has 0 atom stereocenters. The standard InChI is InChI=1S/C26H30N4O2/c31-22-13-15-29(16-14-22)18-20-11-9-19(10-12-20)17-27-26(32)25-23-7-4-8-24(23)30(28-25)21-5-2-1-3-6-21/h1-3,5-6,9-12,22,31H,4,7-8,13-18H2,(H,27,32). The minimum atomic E-state index is -0.141. The van der Waals surface area contributed by atoms with Crippen LogP contribution in [0.25, 0.3) is 5.69 Å². The molecule has 2 aliphatic rings. The van der Waals surface area contributed by atoms with Crippen LogP contribution in [0.1, 0.15) is 52.1 Å². The van der Waals surface area contributed by atoms with Crippen LogP contribution in [0.5, 0.6) is 0 Å². The predicted octanol–water partition coefficient (Wildman–Crippen LogP) is 3.25. The number of aliphatic hydroxyl groups is 1. The van der Waals surface area contributed by atoms with Gasteiger partial charge in [-0.2, -0.15) is 5.10 Å². The van der Waals surface area contributed by atoms with Crippen molar-refractivity contribution in [3.05, 3.63) is 82.7 Å². The molecule has 166 valence electrons. The van der Waals surface area contributed by atoms with Crippen LogP contribution in [0, 0.1) is 0 Å². The number of hydrogen-bond acceptors (Lipinski definition) is 4. The van der Waals surface area contributed by atoms with Crippen LogP contribution in [0.15, 0.2) is 54.6 Å². The Labute approximate surface area is 188 Å². The topological polar surface area (TPSA) is 70.4 Å². The number of hydrogen-bond donors (Lipinski definition) is 2. The van der Waals surface area contributed by atoms with Gasteiger partial charge in [0, 0.05) is 37.4 Å². The van der Waals surface area contributed by atoms with Gasteiger partial charge in [-0.1, -0.05) is 42.5 Å². The highest BCUT2D eigenvalue weighted by Gasteiger charge is 2.26. The number of nitrogens with one attached hydrogen (secondary N) is 1. The molecule has 5 rings (SSSR count). The highest BCUT2D eigenvalue weighted by Crippen LogP contribution is 2.27. The minimum absolute atomic E-state index is 0.103. The molecule has 1 amide bonds. The number of nitrogens with zero attached hydrogens (tertiary/aromatic N) is 3. The molecule has 0 unspecified atom stereocenters. The molecule has 2 N–H and O–H groups in total. The van der Waals surface area contributed by atoms with Crippen LogP contribution in [0.3, 0.4) is 0 Å². The number of aliphatic hydroxyl groups excluding tert-OH is 1. The second-order valence-corrected chi connectivity index (χ2v) is 8.88. The van der Waals surface area contributed by atoms with Gasteiger partial charge in [-0.3, -0.25) is 9.69 Å². The Bertz CT molecular complexity index is 1070. The first kappa shape index (κ1) is 20.9. The van der Waals surface area contributed by atoms with Gasteiger partial charge in [-0.25, -0.2) is 4.68 Å². The van der Waals surface area contributed by atoms with Gasteiger partial charge < -0.3 is 10.4 Å². The monoisotopic (exact) mass is 430 g/mol. The summed E-state index contributed by atoms with van der Waals surface area (Å²) in [6.45, 7) is 3.28. The first-order chi connectivity index (χ1) is 15.7. The summed E-state index contributed by atoms with van der Waals surface area (Å²) in [5.74, 6) is -0.103. The Morgan fingerprint density at radius 1 is 1.00 bits per heavy atom. The fourth-order valence-electron chi connectivity index (χ4n) is 4.77. The SMILES string of the molecule is O=C(NCc1ccc(CN2CCC(O)CC2)cc1)c1nn(-c2ccccc2)c2c1CCC2. The molecule has 6 heteroatoms. The number of benzene rings is 2. The number of carbonyl (C=O) groups excluding carboxylic acids is 1. The van der Waals surface area contributed by atoms with E-state index in [0.717, 1.165) is 74.2 Å². The maximum Gasteiger partial charge on any atom is 0.272 e. The fourth-order valence-corrected chi connectivity index (χ4v) is 4.77. The molecular weight excluding hydrogens is 400 g/mol. The van der Waals surface area contributed by atoms with E-state index in [1.54, 1.807) is 0 Å². The van der Waals surface area contributed by atoms with Gasteiger partial charge in [0.15, 0.2) is 5.69 Å². The quantitative estimate of drug-likeness (QED) is 0.630. The third kappa shape index (κ3) is 4.47. The molecule has 2 aromatic carbocycles. The number of piperidine rings is 1. The average Bonchev–Trinajstić information content (AvgIpc) is 3.44. The molecule has 1 aliphatic carbocycles. The number of fused-ring (bicyclic) bond motifs is 1. The average molecular weight is 431 g/mol. The van der Waals surface area contributed by atoms with Gasteiger partial charge in [-0.15, -0.1) is 0 Å². The molecule has 32 heavy (non-hydrogen) atoms. The lowest BCUT2D eigenvalue weighted by atomic mass is 10.1. The lowest BCUT2D eigenvalue weighted by Gasteiger charge is -2.29. The number of aromatic nitrogens is 2. The van der Waals surface area contributed by atoms with Crippen molar-refractivity contribution in [2.75, 3.05) is 13.1 Å². The Morgan fingerprint density at radius 3 is 2.47 bits per heavy atom. The summed E-state index contributed by atoms with van der Waals surface area (Å²) in [5, 5.41) is 17.4. The van der Waals surface area contributed by atoms with E-state index >= 15 is 0 Å². The highest BCUT2D eigenvalue weighted by molar-refractivity contribution is 5.94. The molecule has 1 aromatic heterocycles. The van der Waals surface area contributed by atoms with Crippen molar-refractivity contribution in [3.63, 3.8) is 0 Å². The smallest absolute Gasteiger partial charge is 0.272 e. The molecule has 1 fully saturated rings. The zero-order chi connectivity index (χ0) is 21.9. The van der Waals surface area contributed by atoms with E-state index in [1.165, 1.54) is 5.56 Å². The Hall–Kier alpha value is -2.96. The second-order valence-electron chi connectivity index (χ2n) is 8.88. The number of likely N-dealkylation sites (tertiary alicyclic amines) is 1. The summed E-state index contributed by atoms with van der Waals surface area (Å²) in [7, 11) is 0. The maximum absolute atomic E-state index is 13.0. The van der Waals surface area contributed by atoms with Crippen molar-refractivity contribution in [2.24, 2.45) is 0 Å². The van der Waals surface area contributed by atoms with Crippen molar-refractivity contribution in [2.45, 2.75) is 51.3 Å². The van der Waals surface area contributed by atoms with Gasteiger partial charge >= 0.3 is 0 Å². The third-order valence-electron chi connectivity index (χ3n) is 6.59. The van der Waals surface area contributed by atoms with E-state index < -0.39 is 0 Å². The summed E-state index contributed by atoms with van der Waals surface area (Å²) < 4.78 is 1.94. The Balaban J connectivity index is 1.22. The summed E-state index contributed by atoms with van der Waals surface area (Å²) in [6, 6.07) is 18.5. The van der Waals surface area contributed by atoms with Gasteiger partial charge in [-0.05, 0) is 55.4 Å². The van der Waals surface area contributed by atoms with E-state index in [2.05, 4.69) is 39.6 Å². The highest BCUT2D eigenvalue weighted by atomic mass is 16.3. The van der Waals surface area contributed by atoms with Crippen molar-refractivity contribution < 1.29 is 9.90 Å². The van der Waals surface area contributed by atoms with Crippen molar-refractivity contribution in [1.82, 2.24) is 20.0 Å². The molecule has 3 aromatic rings. The first-order valence-corrected chi connectivity index (χ1v) is 11.6. The van der Waals surface area contributed by atoms with Gasteiger partial charge in [0.2, 0.25) is 0 Å². The zero-order valence-corrected chi connectivity index (χ0v) is 18.3. The summed E-state index contributed by atoms with van der Waals surface area (Å²) >= 11 is 0. The van der Waals surface area contributed by atoms with Gasteiger partial charge in [0.1, 0.15) is 0 Å². The largest absolute Gasteiger partial charge is 0.393 e. The van der Waals surface area contributed by atoms with Crippen molar-refractivity contribution in [3.8, 4) is 5.69 Å².